The number of hydrogen-bond donors (Lipinski definition) is 2. The van der Waals surface area contributed by atoms with Crippen molar-refractivity contribution in [3.05, 3.63) is 76.7 Å². The van der Waals surface area contributed by atoms with Crippen molar-refractivity contribution in [3.8, 4) is 17.3 Å². The van der Waals surface area contributed by atoms with Gasteiger partial charge in [-0.05, 0) is 41.8 Å². The van der Waals surface area contributed by atoms with Crippen LogP contribution in [0.4, 0.5) is 10.2 Å². The zero-order valence-electron chi connectivity index (χ0n) is 16.2. The van der Waals surface area contributed by atoms with Gasteiger partial charge in [-0.1, -0.05) is 24.3 Å². The number of nitrogens with one attached hydrogen (secondary N) is 1. The first kappa shape index (κ1) is 19.3. The van der Waals surface area contributed by atoms with Gasteiger partial charge < -0.3 is 5.73 Å². The minimum absolute atomic E-state index is 0.0449. The Kier molecular flexibility index (Phi) is 4.98. The molecule has 2 aromatic carbocycles. The molecule has 0 fully saturated rings. The predicted molar refractivity (Wildman–Crippen MR) is 112 cm³/mol. The van der Waals surface area contributed by atoms with Crippen LogP contribution in [0, 0.1) is 24.1 Å². The minimum Gasteiger partial charge on any atom is -0.382 e. The summed E-state index contributed by atoms with van der Waals surface area (Å²) in [6.07, 6.45) is 1.69. The van der Waals surface area contributed by atoms with E-state index in [-0.39, 0.29) is 29.8 Å². The fourth-order valence-electron chi connectivity index (χ4n) is 3.56. The van der Waals surface area contributed by atoms with E-state index >= 15 is 0 Å². The first-order valence-electron chi connectivity index (χ1n) is 9.35. The third-order valence-corrected chi connectivity index (χ3v) is 4.92. The van der Waals surface area contributed by atoms with E-state index in [1.165, 1.54) is 6.07 Å². The summed E-state index contributed by atoms with van der Waals surface area (Å²) in [7, 11) is 0. The number of aromatic nitrogens is 3. The number of Topliss-reactive ketones (excluding diaryl/α,β-unsaturated/α-hetero) is 1. The molecule has 0 amide bonds. The standard InChI is InChI=1S/C23H18FN5O/c1-13-7-15(22(24)16(8-13)11-25)10-17(30)9-14-5-6-19(27-12-14)18-3-2-4-20-21(18)23(26)29-28-20/h2-8,12H,9-10H2,1H3,(H3,26,28,29). The smallest absolute Gasteiger partial charge is 0.153 e. The quantitative estimate of drug-likeness (QED) is 0.529. The zero-order valence-corrected chi connectivity index (χ0v) is 16.2. The Balaban J connectivity index is 1.53. The summed E-state index contributed by atoms with van der Waals surface area (Å²) in [5, 5.41) is 16.7. The third kappa shape index (κ3) is 3.63. The molecule has 4 aromatic rings. The monoisotopic (exact) mass is 399 g/mol. The lowest BCUT2D eigenvalue weighted by Crippen LogP contribution is -2.09. The third-order valence-electron chi connectivity index (χ3n) is 4.92. The Labute approximate surface area is 172 Å². The second-order valence-corrected chi connectivity index (χ2v) is 7.18. The number of benzene rings is 2. The van der Waals surface area contributed by atoms with Crippen LogP contribution in [-0.2, 0) is 17.6 Å². The van der Waals surface area contributed by atoms with Crippen molar-refractivity contribution in [1.29, 1.82) is 5.26 Å². The molecule has 0 bridgehead atoms. The minimum atomic E-state index is -0.629. The van der Waals surface area contributed by atoms with E-state index in [1.807, 2.05) is 36.4 Å². The predicted octanol–water partition coefficient (Wildman–Crippen LogP) is 3.88. The number of pyridine rings is 1. The fourth-order valence-corrected chi connectivity index (χ4v) is 3.56. The maximum absolute atomic E-state index is 14.3. The molecular formula is C23H18FN5O. The summed E-state index contributed by atoms with van der Waals surface area (Å²) in [4.78, 5) is 17.0. The highest BCUT2D eigenvalue weighted by atomic mass is 19.1. The highest BCUT2D eigenvalue weighted by Gasteiger charge is 2.15. The SMILES string of the molecule is Cc1cc(C#N)c(F)c(CC(=O)Cc2ccc(-c3cccc4[nH]nc(N)c34)nc2)c1. The van der Waals surface area contributed by atoms with Crippen molar-refractivity contribution < 1.29 is 9.18 Å². The highest BCUT2D eigenvalue weighted by Crippen LogP contribution is 2.30. The van der Waals surface area contributed by atoms with Gasteiger partial charge in [0.2, 0.25) is 0 Å². The summed E-state index contributed by atoms with van der Waals surface area (Å²) in [5.74, 6) is -0.381. The Morgan fingerprint density at radius 2 is 2.07 bits per heavy atom. The number of nitrogens with zero attached hydrogens (tertiary/aromatic N) is 3. The van der Waals surface area contributed by atoms with Crippen LogP contribution in [0.15, 0.2) is 48.7 Å². The second-order valence-electron chi connectivity index (χ2n) is 7.18. The Hall–Kier alpha value is -4.05. The molecule has 0 radical (unpaired) electrons. The van der Waals surface area contributed by atoms with E-state index in [2.05, 4.69) is 15.2 Å². The molecule has 7 heteroatoms. The number of nitrogens with two attached hydrogens (primary N) is 1. The normalized spacial score (nSPS) is 10.8. The van der Waals surface area contributed by atoms with Gasteiger partial charge >= 0.3 is 0 Å². The summed E-state index contributed by atoms with van der Waals surface area (Å²) in [6, 6.07) is 14.2. The van der Waals surface area contributed by atoms with Crippen LogP contribution < -0.4 is 5.73 Å². The van der Waals surface area contributed by atoms with Gasteiger partial charge in [0.1, 0.15) is 17.7 Å². The molecule has 0 aliphatic rings. The number of ketones is 1. The first-order chi connectivity index (χ1) is 14.5. The van der Waals surface area contributed by atoms with Gasteiger partial charge in [0, 0.05) is 24.6 Å². The van der Waals surface area contributed by atoms with Crippen LogP contribution in [0.1, 0.15) is 22.3 Å². The Bertz CT molecular complexity index is 1300. The van der Waals surface area contributed by atoms with Crippen molar-refractivity contribution in [2.75, 3.05) is 5.73 Å². The first-order valence-corrected chi connectivity index (χ1v) is 9.35. The van der Waals surface area contributed by atoms with Crippen molar-refractivity contribution in [1.82, 2.24) is 15.2 Å². The van der Waals surface area contributed by atoms with Gasteiger partial charge in [-0.3, -0.25) is 14.9 Å². The van der Waals surface area contributed by atoms with Gasteiger partial charge in [0.15, 0.2) is 5.82 Å². The maximum atomic E-state index is 14.3. The molecule has 0 unspecified atom stereocenters. The number of anilines is 1. The number of hydrogen-bond acceptors (Lipinski definition) is 5. The van der Waals surface area contributed by atoms with Crippen LogP contribution >= 0.6 is 0 Å². The average Bonchev–Trinajstić information content (AvgIpc) is 3.12. The topological polar surface area (TPSA) is 108 Å². The van der Waals surface area contributed by atoms with Crippen molar-refractivity contribution in [2.45, 2.75) is 19.8 Å². The number of halogens is 1. The van der Waals surface area contributed by atoms with E-state index in [4.69, 9.17) is 11.0 Å². The molecule has 30 heavy (non-hydrogen) atoms. The molecule has 0 atom stereocenters. The Morgan fingerprint density at radius 3 is 2.80 bits per heavy atom. The molecular weight excluding hydrogens is 381 g/mol. The summed E-state index contributed by atoms with van der Waals surface area (Å²) in [6.45, 7) is 1.77. The number of fused-ring (bicyclic) bond motifs is 1. The number of nitrogen functional groups attached to an aromatic ring is 1. The molecule has 3 N–H and O–H groups in total. The average molecular weight is 399 g/mol. The van der Waals surface area contributed by atoms with Crippen LogP contribution in [0.3, 0.4) is 0 Å². The van der Waals surface area contributed by atoms with Gasteiger partial charge in [0.25, 0.3) is 0 Å². The van der Waals surface area contributed by atoms with E-state index in [9.17, 15) is 9.18 Å². The maximum Gasteiger partial charge on any atom is 0.153 e. The summed E-state index contributed by atoms with van der Waals surface area (Å²) < 4.78 is 14.3. The van der Waals surface area contributed by atoms with Crippen molar-refractivity contribution in [3.63, 3.8) is 0 Å². The fraction of sp³-hybridized carbons (Fsp3) is 0.130. The molecule has 0 saturated carbocycles. The number of carbonyl (C=O) groups excluding carboxylic acids is 1. The lowest BCUT2D eigenvalue weighted by Gasteiger charge is -2.07. The second kappa shape index (κ2) is 7.76. The Morgan fingerprint density at radius 1 is 1.23 bits per heavy atom. The highest BCUT2D eigenvalue weighted by molar-refractivity contribution is 6.00. The van der Waals surface area contributed by atoms with Gasteiger partial charge in [0.05, 0.1) is 22.2 Å². The van der Waals surface area contributed by atoms with Crippen LogP contribution in [0.2, 0.25) is 0 Å². The van der Waals surface area contributed by atoms with Gasteiger partial charge in [-0.25, -0.2) is 4.39 Å². The molecule has 0 spiro atoms. The number of H-pyrrole nitrogens is 1. The number of rotatable bonds is 5. The zero-order chi connectivity index (χ0) is 21.3. The van der Waals surface area contributed by atoms with E-state index in [0.717, 1.165) is 27.6 Å². The number of aryl methyl sites for hydroxylation is 1. The van der Waals surface area contributed by atoms with Gasteiger partial charge in [-0.2, -0.15) is 10.4 Å². The van der Waals surface area contributed by atoms with Crippen molar-refractivity contribution >= 4 is 22.5 Å². The molecule has 4 rings (SSSR count). The van der Waals surface area contributed by atoms with E-state index in [1.54, 1.807) is 19.2 Å². The lowest BCUT2D eigenvalue weighted by molar-refractivity contribution is -0.117. The summed E-state index contributed by atoms with van der Waals surface area (Å²) in [5.41, 5.74) is 10.0. The summed E-state index contributed by atoms with van der Waals surface area (Å²) >= 11 is 0. The van der Waals surface area contributed by atoms with Crippen molar-refractivity contribution in [2.24, 2.45) is 0 Å². The van der Waals surface area contributed by atoms with Crippen LogP contribution in [-0.4, -0.2) is 21.0 Å². The molecule has 0 saturated heterocycles. The van der Waals surface area contributed by atoms with Crippen LogP contribution in [0.25, 0.3) is 22.2 Å². The van der Waals surface area contributed by atoms with E-state index in [0.29, 0.717) is 11.5 Å². The van der Waals surface area contributed by atoms with E-state index < -0.39 is 5.82 Å². The molecule has 0 aliphatic carbocycles. The molecule has 2 heterocycles. The lowest BCUT2D eigenvalue weighted by atomic mass is 9.99. The largest absolute Gasteiger partial charge is 0.382 e. The van der Waals surface area contributed by atoms with Crippen LogP contribution in [0.5, 0.6) is 0 Å². The van der Waals surface area contributed by atoms with Gasteiger partial charge in [-0.15, -0.1) is 0 Å². The number of nitriles is 1. The number of carbonyl (C=O) groups is 1. The molecule has 2 aromatic heterocycles. The molecule has 6 nitrogen and oxygen atoms in total. The number of aromatic amines is 1. The molecule has 0 aliphatic heterocycles. The molecule has 148 valence electrons.